The van der Waals surface area contributed by atoms with E-state index in [4.69, 9.17) is 0 Å². The Morgan fingerprint density at radius 1 is 1.37 bits per heavy atom. The highest BCUT2D eigenvalue weighted by atomic mass is 16.2. The zero-order valence-corrected chi connectivity index (χ0v) is 12.7. The van der Waals surface area contributed by atoms with Crippen LogP contribution in [-0.2, 0) is 0 Å². The van der Waals surface area contributed by atoms with Gasteiger partial charge in [0.15, 0.2) is 0 Å². The Hall–Kier alpha value is -1.65. The second kappa shape index (κ2) is 5.99. The molecule has 0 spiro atoms. The molecular formula is C14H24N4O. The first-order valence-electron chi connectivity index (χ1n) is 6.66. The minimum Gasteiger partial charge on any atom is -0.368 e. The molecule has 0 aliphatic rings. The van der Waals surface area contributed by atoms with Gasteiger partial charge in [0.05, 0.1) is 0 Å². The van der Waals surface area contributed by atoms with Gasteiger partial charge in [-0.3, -0.25) is 4.79 Å². The van der Waals surface area contributed by atoms with Crippen LogP contribution >= 0.6 is 0 Å². The van der Waals surface area contributed by atoms with Crippen LogP contribution in [0.3, 0.4) is 0 Å². The van der Waals surface area contributed by atoms with E-state index in [0.29, 0.717) is 23.4 Å². The SMILES string of the molecule is CCC(C)Nc1cc(C(=O)NC(C)(C)C)nc(C)n1. The van der Waals surface area contributed by atoms with Crippen molar-refractivity contribution in [2.75, 3.05) is 5.32 Å². The van der Waals surface area contributed by atoms with Gasteiger partial charge in [-0.05, 0) is 41.0 Å². The quantitative estimate of drug-likeness (QED) is 0.877. The summed E-state index contributed by atoms with van der Waals surface area (Å²) >= 11 is 0. The van der Waals surface area contributed by atoms with E-state index in [1.165, 1.54) is 0 Å². The molecule has 1 aromatic rings. The molecule has 5 heteroatoms. The minimum atomic E-state index is -0.278. The average molecular weight is 264 g/mol. The third-order valence-corrected chi connectivity index (χ3v) is 2.57. The molecule has 0 fully saturated rings. The van der Waals surface area contributed by atoms with E-state index in [-0.39, 0.29) is 11.4 Å². The summed E-state index contributed by atoms with van der Waals surface area (Å²) in [5, 5.41) is 6.16. The number of nitrogens with one attached hydrogen (secondary N) is 2. The van der Waals surface area contributed by atoms with E-state index in [9.17, 15) is 4.79 Å². The van der Waals surface area contributed by atoms with E-state index >= 15 is 0 Å². The zero-order chi connectivity index (χ0) is 14.6. The normalized spacial score (nSPS) is 12.9. The van der Waals surface area contributed by atoms with Crippen molar-refractivity contribution in [3.8, 4) is 0 Å². The summed E-state index contributed by atoms with van der Waals surface area (Å²) in [6.45, 7) is 11.8. The van der Waals surface area contributed by atoms with Crippen LogP contribution in [0.5, 0.6) is 0 Å². The standard InChI is InChI=1S/C14H24N4O/c1-7-9(2)15-12-8-11(16-10(3)17-12)13(19)18-14(4,5)6/h8-9H,7H2,1-6H3,(H,18,19)(H,15,16,17). The molecule has 0 aliphatic heterocycles. The van der Waals surface area contributed by atoms with Gasteiger partial charge in [0.25, 0.3) is 5.91 Å². The third-order valence-electron chi connectivity index (χ3n) is 2.57. The maximum atomic E-state index is 12.1. The van der Waals surface area contributed by atoms with Crippen molar-refractivity contribution < 1.29 is 4.79 Å². The van der Waals surface area contributed by atoms with Crippen LogP contribution in [0.2, 0.25) is 0 Å². The summed E-state index contributed by atoms with van der Waals surface area (Å²) in [4.78, 5) is 20.6. The molecule has 0 aromatic carbocycles. The van der Waals surface area contributed by atoms with Crippen molar-refractivity contribution in [1.29, 1.82) is 0 Å². The zero-order valence-electron chi connectivity index (χ0n) is 12.7. The molecule has 0 radical (unpaired) electrons. The lowest BCUT2D eigenvalue weighted by Crippen LogP contribution is -2.41. The van der Waals surface area contributed by atoms with Gasteiger partial charge in [0, 0.05) is 17.6 Å². The molecule has 0 saturated heterocycles. The van der Waals surface area contributed by atoms with E-state index in [0.717, 1.165) is 6.42 Å². The molecule has 2 N–H and O–H groups in total. The van der Waals surface area contributed by atoms with Crippen LogP contribution in [0.1, 0.15) is 57.4 Å². The summed E-state index contributed by atoms with van der Waals surface area (Å²) in [5.41, 5.74) is 0.119. The summed E-state index contributed by atoms with van der Waals surface area (Å²) in [6.07, 6.45) is 0.993. The van der Waals surface area contributed by atoms with Crippen molar-refractivity contribution >= 4 is 11.7 Å². The molecular weight excluding hydrogens is 240 g/mol. The summed E-state index contributed by atoms with van der Waals surface area (Å²) in [5.74, 6) is 1.11. The molecule has 0 bridgehead atoms. The van der Waals surface area contributed by atoms with E-state index < -0.39 is 0 Å². The first-order valence-corrected chi connectivity index (χ1v) is 6.66. The van der Waals surface area contributed by atoms with Crippen molar-refractivity contribution in [3.05, 3.63) is 17.6 Å². The van der Waals surface area contributed by atoms with Gasteiger partial charge in [-0.1, -0.05) is 6.92 Å². The predicted molar refractivity (Wildman–Crippen MR) is 77.4 cm³/mol. The highest BCUT2D eigenvalue weighted by Crippen LogP contribution is 2.10. The Morgan fingerprint density at radius 3 is 2.53 bits per heavy atom. The summed E-state index contributed by atoms with van der Waals surface area (Å²) < 4.78 is 0. The number of nitrogens with zero attached hydrogens (tertiary/aromatic N) is 2. The van der Waals surface area contributed by atoms with Gasteiger partial charge >= 0.3 is 0 Å². The first-order chi connectivity index (χ1) is 8.71. The van der Waals surface area contributed by atoms with Crippen LogP contribution in [0.4, 0.5) is 5.82 Å². The number of carbonyl (C=O) groups is 1. The lowest BCUT2D eigenvalue weighted by Gasteiger charge is -2.20. The van der Waals surface area contributed by atoms with Gasteiger partial charge in [-0.2, -0.15) is 0 Å². The molecule has 106 valence electrons. The Bertz CT molecular complexity index is 451. The van der Waals surface area contributed by atoms with Gasteiger partial charge in [0.1, 0.15) is 17.3 Å². The summed E-state index contributed by atoms with van der Waals surface area (Å²) in [6, 6.07) is 2.01. The van der Waals surface area contributed by atoms with Gasteiger partial charge in [0.2, 0.25) is 0 Å². The fourth-order valence-electron chi connectivity index (χ4n) is 1.52. The molecule has 1 amide bonds. The van der Waals surface area contributed by atoms with Crippen molar-refractivity contribution in [1.82, 2.24) is 15.3 Å². The third kappa shape index (κ3) is 5.24. The highest BCUT2D eigenvalue weighted by molar-refractivity contribution is 5.93. The number of anilines is 1. The second-order valence-corrected chi connectivity index (χ2v) is 5.84. The fourth-order valence-corrected chi connectivity index (χ4v) is 1.52. The summed E-state index contributed by atoms with van der Waals surface area (Å²) in [7, 11) is 0. The molecule has 1 heterocycles. The molecule has 1 unspecified atom stereocenters. The van der Waals surface area contributed by atoms with Gasteiger partial charge in [-0.15, -0.1) is 0 Å². The maximum Gasteiger partial charge on any atom is 0.270 e. The van der Waals surface area contributed by atoms with E-state index in [1.54, 1.807) is 13.0 Å². The van der Waals surface area contributed by atoms with Gasteiger partial charge in [-0.25, -0.2) is 9.97 Å². The number of aromatic nitrogens is 2. The lowest BCUT2D eigenvalue weighted by molar-refractivity contribution is 0.0914. The van der Waals surface area contributed by atoms with Crippen LogP contribution in [0, 0.1) is 6.92 Å². The molecule has 19 heavy (non-hydrogen) atoms. The largest absolute Gasteiger partial charge is 0.368 e. The van der Waals surface area contributed by atoms with Crippen molar-refractivity contribution in [2.24, 2.45) is 0 Å². The Labute approximate surface area is 115 Å². The van der Waals surface area contributed by atoms with Crippen LogP contribution in [0.15, 0.2) is 6.07 Å². The van der Waals surface area contributed by atoms with E-state index in [1.807, 2.05) is 20.8 Å². The maximum absolute atomic E-state index is 12.1. The second-order valence-electron chi connectivity index (χ2n) is 5.84. The minimum absolute atomic E-state index is 0.176. The van der Waals surface area contributed by atoms with Crippen molar-refractivity contribution in [2.45, 2.75) is 59.5 Å². The first kappa shape index (κ1) is 15.4. The van der Waals surface area contributed by atoms with Gasteiger partial charge < -0.3 is 10.6 Å². The number of amides is 1. The van der Waals surface area contributed by atoms with Crippen molar-refractivity contribution in [3.63, 3.8) is 0 Å². The average Bonchev–Trinajstić information content (AvgIpc) is 2.25. The molecule has 1 rings (SSSR count). The molecule has 0 aliphatic carbocycles. The topological polar surface area (TPSA) is 66.9 Å². The molecule has 5 nitrogen and oxygen atoms in total. The lowest BCUT2D eigenvalue weighted by atomic mass is 10.1. The smallest absolute Gasteiger partial charge is 0.270 e. The fraction of sp³-hybridized carbons (Fsp3) is 0.643. The monoisotopic (exact) mass is 264 g/mol. The number of hydrogen-bond acceptors (Lipinski definition) is 4. The Balaban J connectivity index is 2.93. The number of rotatable bonds is 4. The van der Waals surface area contributed by atoms with Crippen LogP contribution < -0.4 is 10.6 Å². The predicted octanol–water partition coefficient (Wildman–Crippen LogP) is 2.52. The number of carbonyl (C=O) groups excluding carboxylic acids is 1. The Morgan fingerprint density at radius 2 is 2.00 bits per heavy atom. The van der Waals surface area contributed by atoms with Crippen LogP contribution in [0.25, 0.3) is 0 Å². The Kier molecular flexibility index (Phi) is 4.86. The van der Waals surface area contributed by atoms with E-state index in [2.05, 4.69) is 34.4 Å². The number of hydrogen-bond donors (Lipinski definition) is 2. The number of aryl methyl sites for hydroxylation is 1. The molecule has 1 aromatic heterocycles. The molecule has 0 saturated carbocycles. The highest BCUT2D eigenvalue weighted by Gasteiger charge is 2.17. The van der Waals surface area contributed by atoms with Crippen LogP contribution in [-0.4, -0.2) is 27.5 Å². The molecule has 1 atom stereocenters.